The molecule has 0 unspecified atom stereocenters. The standard InChI is InChI=1S/C10H10S/c1-3-9-6-4-5-7-10(9)8-11-2/h1,4-7H,8H2,2H3. The summed E-state index contributed by atoms with van der Waals surface area (Å²) in [6, 6.07) is 8.04. The van der Waals surface area contributed by atoms with E-state index in [4.69, 9.17) is 6.42 Å². The van der Waals surface area contributed by atoms with Gasteiger partial charge in [0.1, 0.15) is 0 Å². The van der Waals surface area contributed by atoms with Crippen molar-refractivity contribution in [3.63, 3.8) is 0 Å². The molecule has 0 bridgehead atoms. The fourth-order valence-corrected chi connectivity index (χ4v) is 1.51. The molecule has 0 amide bonds. The zero-order chi connectivity index (χ0) is 8.10. The summed E-state index contributed by atoms with van der Waals surface area (Å²) >= 11 is 1.79. The van der Waals surface area contributed by atoms with E-state index in [1.807, 2.05) is 18.2 Å². The van der Waals surface area contributed by atoms with E-state index >= 15 is 0 Å². The molecule has 0 atom stereocenters. The van der Waals surface area contributed by atoms with Crippen molar-refractivity contribution in [2.75, 3.05) is 6.26 Å². The summed E-state index contributed by atoms with van der Waals surface area (Å²) in [6.07, 6.45) is 7.40. The third-order valence-electron chi connectivity index (χ3n) is 1.47. The number of rotatable bonds is 2. The maximum Gasteiger partial charge on any atom is 0.0283 e. The molecule has 0 aliphatic heterocycles. The SMILES string of the molecule is C#Cc1ccccc1CSC. The number of hydrogen-bond donors (Lipinski definition) is 0. The van der Waals surface area contributed by atoms with E-state index in [1.165, 1.54) is 5.56 Å². The van der Waals surface area contributed by atoms with Crippen molar-refractivity contribution in [3.05, 3.63) is 35.4 Å². The van der Waals surface area contributed by atoms with Crippen molar-refractivity contribution in [1.29, 1.82) is 0 Å². The molecule has 0 aliphatic rings. The van der Waals surface area contributed by atoms with Crippen LogP contribution in [-0.4, -0.2) is 6.26 Å². The molecule has 0 heterocycles. The Labute approximate surface area is 72.0 Å². The Morgan fingerprint density at radius 2 is 2.18 bits per heavy atom. The van der Waals surface area contributed by atoms with Crippen molar-refractivity contribution < 1.29 is 0 Å². The van der Waals surface area contributed by atoms with Gasteiger partial charge in [-0.25, -0.2) is 0 Å². The van der Waals surface area contributed by atoms with Crippen LogP contribution in [0.1, 0.15) is 11.1 Å². The Morgan fingerprint density at radius 1 is 1.45 bits per heavy atom. The van der Waals surface area contributed by atoms with Crippen LogP contribution in [0.5, 0.6) is 0 Å². The first-order chi connectivity index (χ1) is 5.38. The van der Waals surface area contributed by atoms with Crippen LogP contribution in [0.15, 0.2) is 24.3 Å². The average molecular weight is 162 g/mol. The number of thioether (sulfide) groups is 1. The van der Waals surface area contributed by atoms with Crippen LogP contribution >= 0.6 is 11.8 Å². The van der Waals surface area contributed by atoms with Gasteiger partial charge in [-0.05, 0) is 17.9 Å². The van der Waals surface area contributed by atoms with Crippen LogP contribution in [0.3, 0.4) is 0 Å². The summed E-state index contributed by atoms with van der Waals surface area (Å²) in [6.45, 7) is 0. The highest BCUT2D eigenvalue weighted by Gasteiger charge is 1.95. The van der Waals surface area contributed by atoms with Crippen molar-refractivity contribution in [3.8, 4) is 12.3 Å². The molecule has 0 radical (unpaired) electrons. The van der Waals surface area contributed by atoms with Crippen molar-refractivity contribution in [1.82, 2.24) is 0 Å². The molecule has 1 aromatic rings. The van der Waals surface area contributed by atoms with Crippen LogP contribution in [0.4, 0.5) is 0 Å². The van der Waals surface area contributed by atoms with Gasteiger partial charge in [-0.1, -0.05) is 24.1 Å². The zero-order valence-corrected chi connectivity index (χ0v) is 7.32. The maximum atomic E-state index is 5.32. The number of hydrogen-bond acceptors (Lipinski definition) is 1. The van der Waals surface area contributed by atoms with Crippen molar-refractivity contribution in [2.45, 2.75) is 5.75 Å². The number of benzene rings is 1. The fourth-order valence-electron chi connectivity index (χ4n) is 0.942. The van der Waals surface area contributed by atoms with Gasteiger partial charge in [-0.15, -0.1) is 6.42 Å². The molecule has 1 heteroatoms. The molecule has 0 aromatic heterocycles. The molecule has 0 N–H and O–H groups in total. The number of terminal acetylenes is 1. The third kappa shape index (κ3) is 2.03. The molecular weight excluding hydrogens is 152 g/mol. The van der Waals surface area contributed by atoms with Gasteiger partial charge in [0.05, 0.1) is 0 Å². The average Bonchev–Trinajstić information content (AvgIpc) is 2.06. The van der Waals surface area contributed by atoms with E-state index in [2.05, 4.69) is 18.2 Å². The molecule has 1 rings (SSSR count). The largest absolute Gasteiger partial charge is 0.161 e. The minimum Gasteiger partial charge on any atom is -0.161 e. The summed E-state index contributed by atoms with van der Waals surface area (Å²) < 4.78 is 0. The Balaban J connectivity index is 2.95. The maximum absolute atomic E-state index is 5.32. The lowest BCUT2D eigenvalue weighted by atomic mass is 10.1. The van der Waals surface area contributed by atoms with Gasteiger partial charge in [-0.3, -0.25) is 0 Å². The lowest BCUT2D eigenvalue weighted by molar-refractivity contribution is 1.39. The molecule has 11 heavy (non-hydrogen) atoms. The first kappa shape index (κ1) is 8.23. The summed E-state index contributed by atoms with van der Waals surface area (Å²) in [4.78, 5) is 0. The quantitative estimate of drug-likeness (QED) is 0.602. The Kier molecular flexibility index (Phi) is 3.07. The van der Waals surface area contributed by atoms with Crippen LogP contribution in [0.2, 0.25) is 0 Å². The van der Waals surface area contributed by atoms with Gasteiger partial charge in [-0.2, -0.15) is 11.8 Å². The summed E-state index contributed by atoms with van der Waals surface area (Å²) in [5.41, 5.74) is 2.27. The first-order valence-corrected chi connectivity index (χ1v) is 4.81. The van der Waals surface area contributed by atoms with Gasteiger partial charge >= 0.3 is 0 Å². The second kappa shape index (κ2) is 4.10. The van der Waals surface area contributed by atoms with E-state index in [1.54, 1.807) is 11.8 Å². The van der Waals surface area contributed by atoms with Crippen molar-refractivity contribution in [2.24, 2.45) is 0 Å². The molecule has 0 saturated carbocycles. The van der Waals surface area contributed by atoms with Crippen LogP contribution in [0.25, 0.3) is 0 Å². The Bertz CT molecular complexity index is 270. The highest BCUT2D eigenvalue weighted by atomic mass is 32.2. The molecule has 0 aliphatic carbocycles. The molecule has 0 nitrogen and oxygen atoms in total. The molecular formula is C10H10S. The minimum atomic E-state index is 1.00. The molecule has 1 aromatic carbocycles. The molecule has 0 spiro atoms. The predicted molar refractivity (Wildman–Crippen MR) is 51.6 cm³/mol. The van der Waals surface area contributed by atoms with E-state index in [0.29, 0.717) is 0 Å². The minimum absolute atomic E-state index is 1.00. The highest BCUT2D eigenvalue weighted by Crippen LogP contribution is 2.13. The van der Waals surface area contributed by atoms with Gasteiger partial charge in [0.2, 0.25) is 0 Å². The second-order valence-corrected chi connectivity index (χ2v) is 3.10. The van der Waals surface area contributed by atoms with Gasteiger partial charge in [0.15, 0.2) is 0 Å². The topological polar surface area (TPSA) is 0 Å². The monoisotopic (exact) mass is 162 g/mol. The zero-order valence-electron chi connectivity index (χ0n) is 6.50. The van der Waals surface area contributed by atoms with Crippen molar-refractivity contribution >= 4 is 11.8 Å². The molecule has 0 fully saturated rings. The van der Waals surface area contributed by atoms with E-state index in [0.717, 1.165) is 11.3 Å². The third-order valence-corrected chi connectivity index (χ3v) is 2.07. The van der Waals surface area contributed by atoms with Gasteiger partial charge in [0, 0.05) is 11.3 Å². The summed E-state index contributed by atoms with van der Waals surface area (Å²) in [5.74, 6) is 3.67. The Hall–Kier alpha value is -0.870. The normalized spacial score (nSPS) is 9.09. The molecule has 0 saturated heterocycles. The molecule has 56 valence electrons. The summed E-state index contributed by atoms with van der Waals surface area (Å²) in [7, 11) is 0. The van der Waals surface area contributed by atoms with E-state index in [-0.39, 0.29) is 0 Å². The van der Waals surface area contributed by atoms with Crippen LogP contribution in [-0.2, 0) is 5.75 Å². The fraction of sp³-hybridized carbons (Fsp3) is 0.200. The lowest BCUT2D eigenvalue weighted by Crippen LogP contribution is -1.84. The van der Waals surface area contributed by atoms with Gasteiger partial charge in [0.25, 0.3) is 0 Å². The predicted octanol–water partition coefficient (Wildman–Crippen LogP) is 2.53. The van der Waals surface area contributed by atoms with Crippen LogP contribution in [0, 0.1) is 12.3 Å². The van der Waals surface area contributed by atoms with E-state index < -0.39 is 0 Å². The van der Waals surface area contributed by atoms with E-state index in [9.17, 15) is 0 Å². The Morgan fingerprint density at radius 3 is 2.82 bits per heavy atom. The van der Waals surface area contributed by atoms with Gasteiger partial charge < -0.3 is 0 Å². The highest BCUT2D eigenvalue weighted by molar-refractivity contribution is 7.97. The smallest absolute Gasteiger partial charge is 0.0283 e. The van der Waals surface area contributed by atoms with Crippen LogP contribution < -0.4 is 0 Å². The lowest BCUT2D eigenvalue weighted by Gasteiger charge is -2.00. The second-order valence-electron chi connectivity index (χ2n) is 2.23. The summed E-state index contributed by atoms with van der Waals surface area (Å²) in [5, 5.41) is 0. The first-order valence-electron chi connectivity index (χ1n) is 3.42.